The van der Waals surface area contributed by atoms with E-state index in [2.05, 4.69) is 38.1 Å². The van der Waals surface area contributed by atoms with Gasteiger partial charge >= 0.3 is 17.6 Å². The molecule has 3 N–H and O–H groups in total. The largest absolute Gasteiger partial charge is 0.416 e. The third-order valence-electron chi connectivity index (χ3n) is 14.8. The summed E-state index contributed by atoms with van der Waals surface area (Å²) >= 11 is 0. The average molecular weight is 1040 g/mol. The summed E-state index contributed by atoms with van der Waals surface area (Å²) in [5.41, 5.74) is 4.28. The Morgan fingerprint density at radius 2 is 1.55 bits per heavy atom. The van der Waals surface area contributed by atoms with Crippen LogP contribution in [0.3, 0.4) is 0 Å². The first-order valence-corrected chi connectivity index (χ1v) is 25.2. The third-order valence-corrected chi connectivity index (χ3v) is 14.8. The molecule has 2 saturated heterocycles. The topological polar surface area (TPSA) is 179 Å². The molecule has 2 fully saturated rings. The summed E-state index contributed by atoms with van der Waals surface area (Å²) in [4.78, 5) is 80.1. The van der Waals surface area contributed by atoms with E-state index in [-0.39, 0.29) is 70.9 Å². The van der Waals surface area contributed by atoms with Gasteiger partial charge in [0.05, 0.1) is 38.9 Å². The Morgan fingerprint density at radius 1 is 0.803 bits per heavy atom. The minimum absolute atomic E-state index is 0.00423. The van der Waals surface area contributed by atoms with Gasteiger partial charge in [-0.25, -0.2) is 23.2 Å². The molecular formula is C56H54F4N10O6. The molecule has 0 spiro atoms. The minimum Gasteiger partial charge on any atom is -0.352 e. The molecule has 10 rings (SSSR count). The number of carbonyl (C=O) groups excluding carboxylic acids is 4. The number of piperidine rings is 2. The van der Waals surface area contributed by atoms with Gasteiger partial charge in [0.1, 0.15) is 18.2 Å². The lowest BCUT2D eigenvalue weighted by Crippen LogP contribution is -2.44. The highest BCUT2D eigenvalue weighted by molar-refractivity contribution is 6.13. The molecule has 5 heterocycles. The van der Waals surface area contributed by atoms with Gasteiger partial charge in [0.15, 0.2) is 0 Å². The summed E-state index contributed by atoms with van der Waals surface area (Å²) in [6.45, 7) is 4.85. The van der Waals surface area contributed by atoms with E-state index in [1.165, 1.54) is 38.8 Å². The lowest BCUT2D eigenvalue weighted by Gasteiger charge is -2.32. The Bertz CT molecular complexity index is 3690. The van der Waals surface area contributed by atoms with E-state index < -0.39 is 41.3 Å². The lowest BCUT2D eigenvalue weighted by atomic mass is 9.88. The SMILES string of the molecule is CCn1c(-c2ccc(-n3cnn(C)c3=O)cc2)cc2cc(C(F)(F)F)cc(C(=O)Nc3ccc(F)c(C(=O)NCCc4ccc(C5CCN(CCc6cccc7c6n(C)c(=O)n7C6CCC(=O)NC6=O)CC5)cc4)c3)c21. The number of anilines is 1. The van der Waals surface area contributed by atoms with E-state index >= 15 is 4.39 Å². The summed E-state index contributed by atoms with van der Waals surface area (Å²) in [6.07, 6.45) is 0.137. The number of aryl methyl sites for hydroxylation is 3. The highest BCUT2D eigenvalue weighted by Crippen LogP contribution is 2.38. The van der Waals surface area contributed by atoms with Crippen LogP contribution in [0, 0.1) is 5.82 Å². The molecule has 392 valence electrons. The number of nitrogens with zero attached hydrogens (tertiary/aromatic N) is 7. The second-order valence-electron chi connectivity index (χ2n) is 19.4. The Labute approximate surface area is 432 Å². The Balaban J connectivity index is 0.748. The van der Waals surface area contributed by atoms with Gasteiger partial charge in [-0.3, -0.25) is 33.6 Å². The van der Waals surface area contributed by atoms with Crippen molar-refractivity contribution in [3.63, 3.8) is 0 Å². The zero-order valence-electron chi connectivity index (χ0n) is 41.9. The van der Waals surface area contributed by atoms with Crippen molar-refractivity contribution in [3.05, 3.63) is 170 Å². The zero-order chi connectivity index (χ0) is 53.6. The monoisotopic (exact) mass is 1040 g/mol. The Hall–Kier alpha value is -8.39. The number of hydrogen-bond acceptors (Lipinski definition) is 8. The smallest absolute Gasteiger partial charge is 0.352 e. The lowest BCUT2D eigenvalue weighted by molar-refractivity contribution is -0.138. The van der Waals surface area contributed by atoms with E-state index in [1.807, 2.05) is 30.3 Å². The van der Waals surface area contributed by atoms with Gasteiger partial charge in [0, 0.05) is 56.9 Å². The molecule has 2 aliphatic rings. The first-order chi connectivity index (χ1) is 36.5. The van der Waals surface area contributed by atoms with Crippen molar-refractivity contribution in [2.75, 3.05) is 31.5 Å². The van der Waals surface area contributed by atoms with E-state index in [0.717, 1.165) is 79.8 Å². The van der Waals surface area contributed by atoms with Gasteiger partial charge < -0.3 is 20.1 Å². The quantitative estimate of drug-likeness (QED) is 0.0735. The summed E-state index contributed by atoms with van der Waals surface area (Å²) in [6, 6.07) is 26.8. The molecule has 5 aromatic carbocycles. The number of imide groups is 1. The van der Waals surface area contributed by atoms with Crippen LogP contribution in [-0.2, 0) is 49.2 Å². The highest BCUT2D eigenvalue weighted by atomic mass is 19.4. The van der Waals surface area contributed by atoms with Gasteiger partial charge in [-0.2, -0.15) is 18.3 Å². The van der Waals surface area contributed by atoms with Crippen LogP contribution in [-0.4, -0.2) is 82.8 Å². The zero-order valence-corrected chi connectivity index (χ0v) is 41.9. The number of alkyl halides is 3. The Kier molecular flexibility index (Phi) is 13.9. The number of carbonyl (C=O) groups is 4. The molecule has 1 unspecified atom stereocenters. The van der Waals surface area contributed by atoms with Crippen molar-refractivity contribution in [2.45, 2.75) is 70.1 Å². The molecule has 0 radical (unpaired) electrons. The number of para-hydroxylation sites is 1. The fourth-order valence-corrected chi connectivity index (χ4v) is 10.7. The maximum atomic E-state index is 15.2. The van der Waals surface area contributed by atoms with E-state index in [0.29, 0.717) is 34.8 Å². The van der Waals surface area contributed by atoms with Crippen LogP contribution in [0.4, 0.5) is 23.2 Å². The summed E-state index contributed by atoms with van der Waals surface area (Å²) in [7, 11) is 3.24. The van der Waals surface area contributed by atoms with Gasteiger partial charge in [-0.05, 0) is 135 Å². The first-order valence-electron chi connectivity index (χ1n) is 25.2. The van der Waals surface area contributed by atoms with Crippen LogP contribution >= 0.6 is 0 Å². The molecule has 16 nitrogen and oxygen atoms in total. The number of imidazole rings is 1. The summed E-state index contributed by atoms with van der Waals surface area (Å²) in [5, 5.41) is 11.8. The van der Waals surface area contributed by atoms with Crippen LogP contribution in [0.15, 0.2) is 119 Å². The molecule has 0 bridgehead atoms. The predicted molar refractivity (Wildman–Crippen MR) is 278 cm³/mol. The van der Waals surface area contributed by atoms with Crippen molar-refractivity contribution in [2.24, 2.45) is 14.1 Å². The Morgan fingerprint density at radius 3 is 2.24 bits per heavy atom. The van der Waals surface area contributed by atoms with Crippen LogP contribution in [0.5, 0.6) is 0 Å². The average Bonchev–Trinajstić information content (AvgIpc) is 4.07. The number of amides is 4. The van der Waals surface area contributed by atoms with Crippen molar-refractivity contribution in [1.82, 2.24) is 43.6 Å². The standard InChI is InChI=1S/C56H54F4N10O6/c1-4-68-47(36-12-15-41(16-13-36)69-32-62-66(3)55(69)76)29-38-28-39(56(58,59)60)30-43(49(38)68)52(73)63-40-14-17-44(57)42(31-40)51(72)61-24-20-33-8-10-34(11-9-33)35-21-25-67(26-22-35)27-23-37-6-5-7-45-50(37)65(2)54(75)70(45)46-18-19-48(71)64-53(46)74/h5-17,28-32,35,46H,4,18-27H2,1-3H3,(H,61,72)(H,63,73)(H,64,71,74). The number of halogens is 4. The predicted octanol–water partition coefficient (Wildman–Crippen LogP) is 7.65. The van der Waals surface area contributed by atoms with Crippen LogP contribution in [0.1, 0.15) is 87.5 Å². The molecule has 2 aliphatic heterocycles. The molecule has 4 amide bonds. The van der Waals surface area contributed by atoms with Gasteiger partial charge in [0.2, 0.25) is 11.8 Å². The van der Waals surface area contributed by atoms with Crippen molar-refractivity contribution < 1.29 is 36.7 Å². The second kappa shape index (κ2) is 20.7. The molecule has 0 saturated carbocycles. The van der Waals surface area contributed by atoms with Crippen molar-refractivity contribution >= 4 is 51.3 Å². The molecule has 3 aromatic heterocycles. The van der Waals surface area contributed by atoms with Crippen LogP contribution < -0.4 is 27.3 Å². The maximum absolute atomic E-state index is 15.2. The molecule has 76 heavy (non-hydrogen) atoms. The summed E-state index contributed by atoms with van der Waals surface area (Å²) < 4.78 is 65.5. The minimum atomic E-state index is -4.79. The maximum Gasteiger partial charge on any atom is 0.416 e. The van der Waals surface area contributed by atoms with E-state index in [1.54, 1.807) is 53.4 Å². The first kappa shape index (κ1) is 51.1. The normalized spacial score (nSPS) is 15.6. The number of likely N-dealkylation sites (tertiary alicyclic amines) is 1. The second-order valence-corrected chi connectivity index (χ2v) is 19.4. The number of nitrogens with one attached hydrogen (secondary N) is 3. The molecule has 20 heteroatoms. The molecule has 1 atom stereocenters. The number of hydrogen-bond donors (Lipinski definition) is 3. The van der Waals surface area contributed by atoms with Gasteiger partial charge in [0.25, 0.3) is 11.8 Å². The molecular weight excluding hydrogens is 985 g/mol. The number of benzene rings is 5. The van der Waals surface area contributed by atoms with Crippen molar-refractivity contribution in [3.8, 4) is 16.9 Å². The molecule has 8 aromatic rings. The van der Waals surface area contributed by atoms with Gasteiger partial charge in [-0.15, -0.1) is 0 Å². The fourth-order valence-electron chi connectivity index (χ4n) is 10.7. The fraction of sp³-hybridized carbons (Fsp3) is 0.304. The van der Waals surface area contributed by atoms with E-state index in [9.17, 15) is 41.9 Å². The number of rotatable bonds is 14. The van der Waals surface area contributed by atoms with Crippen LogP contribution in [0.2, 0.25) is 0 Å². The third kappa shape index (κ3) is 9.99. The van der Waals surface area contributed by atoms with Crippen molar-refractivity contribution in [1.29, 1.82) is 0 Å². The number of fused-ring (bicyclic) bond motifs is 2. The molecule has 0 aliphatic carbocycles. The highest BCUT2D eigenvalue weighted by Gasteiger charge is 2.34. The number of aromatic nitrogens is 6. The van der Waals surface area contributed by atoms with Crippen LogP contribution in [0.25, 0.3) is 38.9 Å². The summed E-state index contributed by atoms with van der Waals surface area (Å²) in [5.74, 6) is -2.90. The van der Waals surface area contributed by atoms with E-state index in [4.69, 9.17) is 0 Å². The van der Waals surface area contributed by atoms with Gasteiger partial charge in [-0.1, -0.05) is 48.5 Å².